The second kappa shape index (κ2) is 33.9. The first-order valence-corrected chi connectivity index (χ1v) is 32.4. The summed E-state index contributed by atoms with van der Waals surface area (Å²) in [4.78, 5) is 0. The van der Waals surface area contributed by atoms with Crippen molar-refractivity contribution in [1.29, 1.82) is 0 Å². The van der Waals surface area contributed by atoms with Gasteiger partial charge in [0.1, 0.15) is 0 Å². The molecule has 0 nitrogen and oxygen atoms in total. The highest BCUT2D eigenvalue weighted by Gasteiger charge is 2.44. The Labute approximate surface area is 447 Å². The molecule has 7 aliphatic rings. The lowest BCUT2D eigenvalue weighted by Gasteiger charge is -2.41. The van der Waals surface area contributed by atoms with E-state index in [-0.39, 0.29) is 0 Å². The van der Waals surface area contributed by atoms with Crippen LogP contribution in [0.4, 0.5) is 0 Å². The number of hydrogen-bond acceptors (Lipinski definition) is 0. The molecule has 0 aromatic heterocycles. The molecule has 7 aliphatic carbocycles. The maximum Gasteiger partial charge on any atom is -0.0303 e. The van der Waals surface area contributed by atoms with Crippen LogP contribution in [0.1, 0.15) is 339 Å². The third-order valence-corrected chi connectivity index (χ3v) is 20.6. The molecule has 0 aliphatic heterocycles. The van der Waals surface area contributed by atoms with Gasteiger partial charge in [0.15, 0.2) is 0 Å². The third-order valence-electron chi connectivity index (χ3n) is 20.6. The van der Waals surface area contributed by atoms with Crippen molar-refractivity contribution >= 4 is 0 Å². The van der Waals surface area contributed by atoms with Gasteiger partial charge in [-0.15, -0.1) is 0 Å². The van der Waals surface area contributed by atoms with Crippen molar-refractivity contribution < 1.29 is 0 Å². The molecule has 70 heavy (non-hydrogen) atoms. The molecule has 7 rings (SSSR count). The van der Waals surface area contributed by atoms with E-state index < -0.39 is 0 Å². The van der Waals surface area contributed by atoms with Crippen LogP contribution in [0.3, 0.4) is 0 Å². The summed E-state index contributed by atoms with van der Waals surface area (Å²) < 4.78 is 0. The summed E-state index contributed by atoms with van der Waals surface area (Å²) in [5.74, 6) is 14.5. The van der Waals surface area contributed by atoms with Gasteiger partial charge >= 0.3 is 0 Å². The van der Waals surface area contributed by atoms with Crippen molar-refractivity contribution in [2.75, 3.05) is 0 Å². The van der Waals surface area contributed by atoms with Crippen LogP contribution in [0.2, 0.25) is 0 Å². The Bertz CT molecular complexity index is 1220. The first-order chi connectivity index (χ1) is 32.4. The number of hydrogen-bond donors (Lipinski definition) is 0. The molecule has 3 unspecified atom stereocenters. The zero-order valence-corrected chi connectivity index (χ0v) is 53.5. The smallest absolute Gasteiger partial charge is 0.0303 e. The Kier molecular flexibility index (Phi) is 32.9. The Morgan fingerprint density at radius 2 is 0.843 bits per heavy atom. The van der Waals surface area contributed by atoms with Gasteiger partial charge in [-0.3, -0.25) is 0 Å². The topological polar surface area (TPSA) is 0 Å². The largest absolute Gasteiger partial charge is 0.0628 e. The van der Waals surface area contributed by atoms with Crippen molar-refractivity contribution in [3.8, 4) is 0 Å². The molecule has 7 fully saturated rings. The molecule has 0 N–H and O–H groups in total. The summed E-state index contributed by atoms with van der Waals surface area (Å²) in [6, 6.07) is 0. The zero-order valence-electron chi connectivity index (χ0n) is 53.5. The van der Waals surface area contributed by atoms with Gasteiger partial charge in [0.05, 0.1) is 0 Å². The van der Waals surface area contributed by atoms with Crippen LogP contribution in [-0.4, -0.2) is 0 Å². The maximum atomic E-state index is 2.46. The summed E-state index contributed by atoms with van der Waals surface area (Å²) in [5, 5.41) is 0. The van der Waals surface area contributed by atoms with E-state index in [2.05, 4.69) is 159 Å². The average molecular weight is 982 g/mol. The van der Waals surface area contributed by atoms with Crippen LogP contribution in [0, 0.1) is 110 Å². The fourth-order valence-corrected chi connectivity index (χ4v) is 14.1. The molecule has 0 saturated heterocycles. The van der Waals surface area contributed by atoms with Crippen LogP contribution in [0.15, 0.2) is 0 Å². The van der Waals surface area contributed by atoms with Crippen molar-refractivity contribution in [1.82, 2.24) is 0 Å². The lowest BCUT2D eigenvalue weighted by atomic mass is 9.64. The fourth-order valence-electron chi connectivity index (χ4n) is 14.1. The standard InChI is InChI=1S/C11H22.5C10H20.C9H18/c1-9(2)8-11(3,4)10-6-5-7-10;1-8(2)7-10(3,4)9-5-6-9;1-8(2)5-6-9-7-10(9,3)4;1-8(2)10-6-4-9(3)5-7-10;1-9(2)10(3)7-5-4-6-8-10;1-8(2)10-7-5-4-6-9(10)3;1-8(2)9-6-4-3-5-7-9/h9-10H,5-8H2,1-4H3;2*8-9H,5-7H2,1-4H3;8-10H,4-7H2,1-3H3;9H,4-8H2,1-3H3;8-10H,4-7H2,1-3H3;8-9H,3-7H2,1-2H3. The van der Waals surface area contributed by atoms with Crippen LogP contribution < -0.4 is 0 Å². The van der Waals surface area contributed by atoms with Gasteiger partial charge in [-0.2, -0.15) is 0 Å². The molecule has 3 atom stereocenters. The normalized spacial score (nSPS) is 26.7. The monoisotopic (exact) mass is 981 g/mol. The molecule has 420 valence electrons. The molecular weight excluding hydrogens is 841 g/mol. The molecule has 0 bridgehead atoms. The first kappa shape index (κ1) is 68.0. The molecule has 0 amide bonds. The van der Waals surface area contributed by atoms with E-state index in [9.17, 15) is 0 Å². The Balaban J connectivity index is 0.000000409. The van der Waals surface area contributed by atoms with Gasteiger partial charge in [-0.05, 0) is 194 Å². The summed E-state index contributed by atoms with van der Waals surface area (Å²) >= 11 is 0. The van der Waals surface area contributed by atoms with E-state index in [1.807, 2.05) is 0 Å². The predicted octanol–water partition coefficient (Wildman–Crippen LogP) is 24.6. The van der Waals surface area contributed by atoms with E-state index in [0.717, 1.165) is 88.8 Å². The van der Waals surface area contributed by atoms with E-state index in [0.29, 0.717) is 21.7 Å². The lowest BCUT2D eigenvalue weighted by Crippen LogP contribution is -2.30. The van der Waals surface area contributed by atoms with E-state index >= 15 is 0 Å². The van der Waals surface area contributed by atoms with E-state index in [1.54, 1.807) is 0 Å². The molecule has 0 aromatic rings. The minimum atomic E-state index is 0.617. The van der Waals surface area contributed by atoms with Gasteiger partial charge in [-0.1, -0.05) is 256 Å². The van der Waals surface area contributed by atoms with E-state index in [1.165, 1.54) is 180 Å². The van der Waals surface area contributed by atoms with Gasteiger partial charge in [0, 0.05) is 0 Å². The highest BCUT2D eigenvalue weighted by atomic mass is 14.5. The number of rotatable bonds is 13. The summed E-state index contributed by atoms with van der Waals surface area (Å²) in [5.41, 5.74) is 2.63. The Morgan fingerprint density at radius 1 is 0.429 bits per heavy atom. The SMILES string of the molecule is CC(C)C1(C)CCCCC1.CC(C)C1CCCCC1.CC(C)C1CCCCC1C.CC(C)CC(C)(C)C1CC1.CC(C)CC(C)(C)C1CCC1.CC(C)CCC1CC1(C)C.CC1CCC(C(C)C)CC1. The minimum absolute atomic E-state index is 0.617. The molecule has 7 saturated carbocycles. The molecule has 0 radical (unpaired) electrons. The van der Waals surface area contributed by atoms with Crippen molar-refractivity contribution in [3.63, 3.8) is 0 Å². The van der Waals surface area contributed by atoms with Crippen molar-refractivity contribution in [2.45, 2.75) is 339 Å². The molecule has 0 heteroatoms. The van der Waals surface area contributed by atoms with Gasteiger partial charge in [0.25, 0.3) is 0 Å². The average Bonchev–Trinajstić information content (AvgIpc) is 4.18. The summed E-state index contributed by atoms with van der Waals surface area (Å²) in [6.07, 6.45) is 41.2. The predicted molar refractivity (Wildman–Crippen MR) is 322 cm³/mol. The summed E-state index contributed by atoms with van der Waals surface area (Å²) in [7, 11) is 0. The van der Waals surface area contributed by atoms with Gasteiger partial charge in [-0.25, -0.2) is 0 Å². The zero-order chi connectivity index (χ0) is 53.5. The van der Waals surface area contributed by atoms with Gasteiger partial charge < -0.3 is 0 Å². The molecule has 0 spiro atoms. The Hall–Kier alpha value is 0. The Morgan fingerprint density at radius 3 is 1.14 bits per heavy atom. The van der Waals surface area contributed by atoms with Crippen molar-refractivity contribution in [3.05, 3.63) is 0 Å². The third kappa shape index (κ3) is 29.3. The van der Waals surface area contributed by atoms with Crippen LogP contribution >= 0.6 is 0 Å². The van der Waals surface area contributed by atoms with E-state index in [4.69, 9.17) is 0 Å². The van der Waals surface area contributed by atoms with Gasteiger partial charge in [0.2, 0.25) is 0 Å². The highest BCUT2D eigenvalue weighted by molar-refractivity contribution is 4.94. The fraction of sp³-hybridized carbons (Fsp3) is 1.00. The van der Waals surface area contributed by atoms with Crippen LogP contribution in [0.5, 0.6) is 0 Å². The van der Waals surface area contributed by atoms with Crippen LogP contribution in [0.25, 0.3) is 0 Å². The summed E-state index contributed by atoms with van der Waals surface area (Å²) in [6.45, 7) is 54.6. The quantitative estimate of drug-likeness (QED) is 0.173. The highest BCUT2D eigenvalue weighted by Crippen LogP contribution is 2.54. The second-order valence-corrected chi connectivity index (χ2v) is 31.4. The molecule has 0 aromatic carbocycles. The first-order valence-electron chi connectivity index (χ1n) is 32.4. The van der Waals surface area contributed by atoms with Crippen molar-refractivity contribution in [2.24, 2.45) is 110 Å². The lowest BCUT2D eigenvalue weighted by molar-refractivity contribution is 0.0964. The molecular formula is C70H140. The second-order valence-electron chi connectivity index (χ2n) is 31.4. The molecule has 0 heterocycles. The minimum Gasteiger partial charge on any atom is -0.0628 e. The maximum absolute atomic E-state index is 2.46. The van der Waals surface area contributed by atoms with Crippen LogP contribution in [-0.2, 0) is 0 Å².